The van der Waals surface area contributed by atoms with Crippen LogP contribution in [0.4, 0.5) is 5.69 Å². The summed E-state index contributed by atoms with van der Waals surface area (Å²) in [6.07, 6.45) is -0.125. The number of hydrogen-bond donors (Lipinski definition) is 1. The van der Waals surface area contributed by atoms with Crippen LogP contribution in [0.1, 0.15) is 22.0 Å². The van der Waals surface area contributed by atoms with E-state index >= 15 is 0 Å². The molecule has 7 nitrogen and oxygen atoms in total. The molecule has 0 aliphatic heterocycles. The average molecular weight is 439 g/mol. The number of ether oxygens (including phenoxy) is 2. The van der Waals surface area contributed by atoms with E-state index in [4.69, 9.17) is 9.47 Å². The molecule has 0 saturated carbocycles. The zero-order valence-corrected chi connectivity index (χ0v) is 17.8. The molecule has 1 unspecified atom stereocenters. The molecule has 1 N–H and O–H groups in total. The average Bonchev–Trinajstić information content (AvgIpc) is 2.78. The van der Waals surface area contributed by atoms with Gasteiger partial charge < -0.3 is 14.8 Å². The summed E-state index contributed by atoms with van der Waals surface area (Å²) in [5.74, 6) is -0.641. The van der Waals surface area contributed by atoms with Gasteiger partial charge in [-0.2, -0.15) is 0 Å². The highest BCUT2D eigenvalue weighted by molar-refractivity contribution is 7.90. The molecule has 0 heterocycles. The van der Waals surface area contributed by atoms with Crippen LogP contribution in [0.2, 0.25) is 0 Å². The van der Waals surface area contributed by atoms with Crippen LogP contribution >= 0.6 is 0 Å². The van der Waals surface area contributed by atoms with Crippen LogP contribution in [0.5, 0.6) is 5.75 Å². The molecule has 3 rings (SSSR count). The lowest BCUT2D eigenvalue weighted by Gasteiger charge is -2.18. The van der Waals surface area contributed by atoms with Crippen molar-refractivity contribution in [2.75, 3.05) is 18.7 Å². The van der Waals surface area contributed by atoms with Gasteiger partial charge in [-0.3, -0.25) is 4.79 Å². The Morgan fingerprint density at radius 3 is 2.03 bits per heavy atom. The fraction of sp³-hybridized carbons (Fsp3) is 0.130. The first-order chi connectivity index (χ1) is 14.8. The van der Waals surface area contributed by atoms with E-state index in [1.54, 1.807) is 61.7 Å². The fourth-order valence-corrected chi connectivity index (χ4v) is 3.43. The lowest BCUT2D eigenvalue weighted by Crippen LogP contribution is -2.26. The normalized spacial score (nSPS) is 11.9. The topological polar surface area (TPSA) is 98.8 Å². The highest BCUT2D eigenvalue weighted by atomic mass is 32.2. The molecule has 160 valence electrons. The first-order valence-electron chi connectivity index (χ1n) is 9.29. The molecule has 0 aromatic heterocycles. The Kier molecular flexibility index (Phi) is 6.71. The van der Waals surface area contributed by atoms with Gasteiger partial charge in [-0.1, -0.05) is 30.3 Å². The monoisotopic (exact) mass is 439 g/mol. The molecular formula is C23H21NO6S. The van der Waals surface area contributed by atoms with Crippen LogP contribution in [0.15, 0.2) is 83.8 Å². The Morgan fingerprint density at radius 2 is 1.48 bits per heavy atom. The van der Waals surface area contributed by atoms with Crippen molar-refractivity contribution in [1.29, 1.82) is 0 Å². The van der Waals surface area contributed by atoms with Crippen molar-refractivity contribution in [1.82, 2.24) is 0 Å². The standard InChI is InChI=1S/C23H21NO6S/c1-29-19-12-10-18(11-13-19)24-22(25)21(16-6-4-3-5-7-16)30-23(26)17-8-14-20(15-9-17)31(2,27)28/h3-15,21H,1-2H3,(H,24,25). The number of carbonyl (C=O) groups excluding carboxylic acids is 2. The van der Waals surface area contributed by atoms with Gasteiger partial charge in [0.25, 0.3) is 5.91 Å². The maximum atomic E-state index is 12.9. The fourth-order valence-electron chi connectivity index (χ4n) is 2.80. The first kappa shape index (κ1) is 22.0. The van der Waals surface area contributed by atoms with Gasteiger partial charge in [-0.25, -0.2) is 13.2 Å². The minimum atomic E-state index is -3.39. The van der Waals surface area contributed by atoms with E-state index in [0.717, 1.165) is 6.26 Å². The zero-order valence-electron chi connectivity index (χ0n) is 16.9. The van der Waals surface area contributed by atoms with E-state index in [1.165, 1.54) is 24.3 Å². The number of amides is 1. The number of anilines is 1. The van der Waals surface area contributed by atoms with Crippen molar-refractivity contribution >= 4 is 27.4 Å². The van der Waals surface area contributed by atoms with Gasteiger partial charge in [0.05, 0.1) is 17.6 Å². The van der Waals surface area contributed by atoms with Crippen LogP contribution < -0.4 is 10.1 Å². The number of benzene rings is 3. The van der Waals surface area contributed by atoms with Gasteiger partial charge in [0.15, 0.2) is 9.84 Å². The third kappa shape index (κ3) is 5.70. The number of nitrogens with one attached hydrogen (secondary N) is 1. The number of hydrogen-bond acceptors (Lipinski definition) is 6. The summed E-state index contributed by atoms with van der Waals surface area (Å²) in [6.45, 7) is 0. The lowest BCUT2D eigenvalue weighted by molar-refractivity contribution is -0.125. The molecule has 1 amide bonds. The number of carbonyl (C=O) groups is 2. The molecule has 0 bridgehead atoms. The summed E-state index contributed by atoms with van der Waals surface area (Å²) in [5.41, 5.74) is 1.14. The molecule has 0 fully saturated rings. The Bertz CT molecular complexity index is 1160. The summed E-state index contributed by atoms with van der Waals surface area (Å²) < 4.78 is 33.8. The molecular weight excluding hydrogens is 418 g/mol. The van der Waals surface area contributed by atoms with Crippen molar-refractivity contribution in [3.05, 3.63) is 90.0 Å². The minimum Gasteiger partial charge on any atom is -0.497 e. The highest BCUT2D eigenvalue weighted by Gasteiger charge is 2.26. The van der Waals surface area contributed by atoms with E-state index in [-0.39, 0.29) is 10.5 Å². The third-order valence-corrected chi connectivity index (χ3v) is 5.57. The summed E-state index contributed by atoms with van der Waals surface area (Å²) in [5, 5.41) is 2.73. The summed E-state index contributed by atoms with van der Waals surface area (Å²) >= 11 is 0. The summed E-state index contributed by atoms with van der Waals surface area (Å²) in [7, 11) is -1.85. The van der Waals surface area contributed by atoms with Crippen LogP contribution in [-0.2, 0) is 19.4 Å². The van der Waals surface area contributed by atoms with Crippen molar-refractivity contribution in [2.45, 2.75) is 11.0 Å². The molecule has 1 atom stereocenters. The van der Waals surface area contributed by atoms with Gasteiger partial charge in [-0.15, -0.1) is 0 Å². The molecule has 31 heavy (non-hydrogen) atoms. The van der Waals surface area contributed by atoms with Crippen LogP contribution in [0.25, 0.3) is 0 Å². The molecule has 0 radical (unpaired) electrons. The van der Waals surface area contributed by atoms with Gasteiger partial charge in [-0.05, 0) is 48.5 Å². The number of rotatable bonds is 7. The van der Waals surface area contributed by atoms with E-state index in [1.807, 2.05) is 0 Å². The van der Waals surface area contributed by atoms with Crippen LogP contribution in [-0.4, -0.2) is 33.7 Å². The van der Waals surface area contributed by atoms with Crippen LogP contribution in [0.3, 0.4) is 0 Å². The van der Waals surface area contributed by atoms with Crippen LogP contribution in [0, 0.1) is 0 Å². The predicted octanol–water partition coefficient (Wildman–Crippen LogP) is 3.64. The van der Waals surface area contributed by atoms with E-state index < -0.39 is 27.8 Å². The Morgan fingerprint density at radius 1 is 0.871 bits per heavy atom. The molecule has 8 heteroatoms. The second-order valence-corrected chi connectivity index (χ2v) is 8.73. The van der Waals surface area contributed by atoms with Crippen molar-refractivity contribution in [3.63, 3.8) is 0 Å². The highest BCUT2D eigenvalue weighted by Crippen LogP contribution is 2.23. The summed E-state index contributed by atoms with van der Waals surface area (Å²) in [6, 6.07) is 20.7. The maximum Gasteiger partial charge on any atom is 0.339 e. The molecule has 0 aliphatic rings. The molecule has 0 spiro atoms. The molecule has 0 saturated heterocycles. The second-order valence-electron chi connectivity index (χ2n) is 6.71. The SMILES string of the molecule is COc1ccc(NC(=O)C(OC(=O)c2ccc(S(C)(=O)=O)cc2)c2ccccc2)cc1. The van der Waals surface area contributed by atoms with E-state index in [2.05, 4.69) is 5.32 Å². The molecule has 3 aromatic carbocycles. The smallest absolute Gasteiger partial charge is 0.339 e. The van der Waals surface area contributed by atoms with Crippen molar-refractivity contribution in [3.8, 4) is 5.75 Å². The van der Waals surface area contributed by atoms with Crippen molar-refractivity contribution < 1.29 is 27.5 Å². The first-order valence-corrected chi connectivity index (χ1v) is 11.2. The maximum absolute atomic E-state index is 12.9. The second kappa shape index (κ2) is 9.44. The predicted molar refractivity (Wildman–Crippen MR) is 116 cm³/mol. The van der Waals surface area contributed by atoms with Gasteiger partial charge in [0, 0.05) is 17.5 Å². The van der Waals surface area contributed by atoms with E-state index in [9.17, 15) is 18.0 Å². The Labute approximate surface area is 180 Å². The lowest BCUT2D eigenvalue weighted by atomic mass is 10.1. The Hall–Kier alpha value is -3.65. The molecule has 3 aromatic rings. The minimum absolute atomic E-state index is 0.0842. The third-order valence-electron chi connectivity index (χ3n) is 4.44. The zero-order chi connectivity index (χ0) is 22.4. The van der Waals surface area contributed by atoms with Crippen molar-refractivity contribution in [2.24, 2.45) is 0 Å². The van der Waals surface area contributed by atoms with Gasteiger partial charge in [0.2, 0.25) is 6.10 Å². The molecule has 0 aliphatic carbocycles. The number of sulfone groups is 1. The van der Waals surface area contributed by atoms with Gasteiger partial charge in [0.1, 0.15) is 5.75 Å². The van der Waals surface area contributed by atoms with Gasteiger partial charge >= 0.3 is 5.97 Å². The Balaban J connectivity index is 1.82. The number of methoxy groups -OCH3 is 1. The largest absolute Gasteiger partial charge is 0.497 e. The number of esters is 1. The van der Waals surface area contributed by atoms with E-state index in [0.29, 0.717) is 17.0 Å². The summed E-state index contributed by atoms with van der Waals surface area (Å²) in [4.78, 5) is 25.7. The quantitative estimate of drug-likeness (QED) is 0.565.